The van der Waals surface area contributed by atoms with E-state index in [1.807, 2.05) is 67.6 Å². The second-order valence-electron chi connectivity index (χ2n) is 11.1. The third-order valence-corrected chi connectivity index (χ3v) is 8.33. The van der Waals surface area contributed by atoms with Crippen molar-refractivity contribution in [2.24, 2.45) is 0 Å². The number of carbonyl (C=O) groups excluding carboxylic acids is 3. The topological polar surface area (TPSA) is 109 Å². The Morgan fingerprint density at radius 1 is 0.977 bits per heavy atom. The van der Waals surface area contributed by atoms with Crippen LogP contribution in [0, 0.1) is 0 Å². The molecule has 2 saturated heterocycles. The first-order valence-corrected chi connectivity index (χ1v) is 14.4. The summed E-state index contributed by atoms with van der Waals surface area (Å²) in [7, 11) is 1.71. The number of piperazine rings is 1. The van der Waals surface area contributed by atoms with Gasteiger partial charge in [0.15, 0.2) is 0 Å². The summed E-state index contributed by atoms with van der Waals surface area (Å²) in [4.78, 5) is 49.6. The first kappa shape index (κ1) is 28.2. The minimum Gasteiger partial charge on any atom is -0.508 e. The molecule has 4 amide bonds. The third kappa shape index (κ3) is 5.49. The summed E-state index contributed by atoms with van der Waals surface area (Å²) in [5.74, 6) is -0.310. The lowest BCUT2D eigenvalue weighted by Gasteiger charge is -2.55. The highest BCUT2D eigenvalue weighted by Crippen LogP contribution is 2.34. The molecule has 4 aromatic rings. The van der Waals surface area contributed by atoms with Crippen LogP contribution in [0.3, 0.4) is 0 Å². The van der Waals surface area contributed by atoms with Crippen LogP contribution in [0.1, 0.15) is 29.7 Å². The van der Waals surface area contributed by atoms with Gasteiger partial charge in [-0.2, -0.15) is 0 Å². The Labute approximate surface area is 250 Å². The molecule has 43 heavy (non-hydrogen) atoms. The van der Waals surface area contributed by atoms with Crippen LogP contribution < -0.4 is 5.32 Å². The average Bonchev–Trinajstić information content (AvgIpc) is 3.02. The number of pyridine rings is 1. The van der Waals surface area contributed by atoms with Crippen LogP contribution in [0.4, 0.5) is 4.79 Å². The Bertz CT molecular complexity index is 1640. The zero-order valence-corrected chi connectivity index (χ0v) is 24.1. The van der Waals surface area contributed by atoms with E-state index < -0.39 is 12.2 Å². The predicted octanol–water partition coefficient (Wildman–Crippen LogP) is 3.68. The van der Waals surface area contributed by atoms with Gasteiger partial charge >= 0.3 is 6.03 Å². The second-order valence-corrected chi connectivity index (χ2v) is 11.1. The molecule has 220 valence electrons. The average molecular weight is 579 g/mol. The number of carbonyl (C=O) groups is 3. The van der Waals surface area contributed by atoms with Crippen LogP contribution in [0.15, 0.2) is 91.1 Å². The summed E-state index contributed by atoms with van der Waals surface area (Å²) in [6.07, 6.45) is 1.24. The van der Waals surface area contributed by atoms with E-state index in [1.165, 1.54) is 0 Å². The Kier molecular flexibility index (Phi) is 7.69. The van der Waals surface area contributed by atoms with Gasteiger partial charge in [0.2, 0.25) is 11.8 Å². The molecule has 1 aromatic heterocycles. The van der Waals surface area contributed by atoms with Gasteiger partial charge in [0.05, 0.1) is 24.6 Å². The molecule has 10 heteroatoms. The molecule has 6 rings (SSSR count). The van der Waals surface area contributed by atoms with Crippen molar-refractivity contribution in [3.05, 3.63) is 108 Å². The molecule has 2 fully saturated rings. The molecule has 0 radical (unpaired) electrons. The van der Waals surface area contributed by atoms with Gasteiger partial charge in [-0.05, 0) is 36.2 Å². The largest absolute Gasteiger partial charge is 0.508 e. The number of benzene rings is 3. The van der Waals surface area contributed by atoms with Crippen LogP contribution in [0.5, 0.6) is 5.75 Å². The zero-order valence-electron chi connectivity index (χ0n) is 24.1. The normalized spacial score (nSPS) is 19.8. The fourth-order valence-electron chi connectivity index (χ4n) is 6.16. The number of aromatic hydroxyl groups is 1. The van der Waals surface area contributed by atoms with Crippen LogP contribution in [0.25, 0.3) is 10.9 Å². The van der Waals surface area contributed by atoms with Crippen molar-refractivity contribution in [2.45, 2.75) is 38.1 Å². The Hall–Kier alpha value is -4.96. The van der Waals surface area contributed by atoms with Gasteiger partial charge in [0, 0.05) is 37.2 Å². The van der Waals surface area contributed by atoms with Crippen molar-refractivity contribution in [1.82, 2.24) is 30.1 Å². The smallest absolute Gasteiger partial charge is 0.334 e. The molecule has 0 bridgehead atoms. The molecule has 0 unspecified atom stereocenters. The molecule has 3 atom stereocenters. The maximum absolute atomic E-state index is 14.3. The lowest BCUT2D eigenvalue weighted by Crippen LogP contribution is -2.76. The van der Waals surface area contributed by atoms with Crippen LogP contribution in [0.2, 0.25) is 0 Å². The number of hydrazine groups is 1. The van der Waals surface area contributed by atoms with E-state index in [4.69, 9.17) is 0 Å². The van der Waals surface area contributed by atoms with Crippen molar-refractivity contribution in [3.63, 3.8) is 0 Å². The number of para-hydroxylation sites is 1. The Balaban J connectivity index is 1.37. The molecule has 3 heterocycles. The summed E-state index contributed by atoms with van der Waals surface area (Å²) < 4.78 is 0. The van der Waals surface area contributed by atoms with E-state index in [2.05, 4.69) is 10.3 Å². The number of amides is 4. The molecule has 2 aliphatic heterocycles. The number of aromatic nitrogens is 1. The third-order valence-electron chi connectivity index (χ3n) is 8.33. The quantitative estimate of drug-likeness (QED) is 0.361. The molecule has 3 aromatic carbocycles. The minimum atomic E-state index is -0.848. The fraction of sp³-hybridized carbons (Fsp3) is 0.273. The Morgan fingerprint density at radius 2 is 1.72 bits per heavy atom. The highest BCUT2D eigenvalue weighted by molar-refractivity contribution is 5.92. The Morgan fingerprint density at radius 3 is 2.49 bits per heavy atom. The van der Waals surface area contributed by atoms with Gasteiger partial charge in [-0.15, -0.1) is 0 Å². The lowest BCUT2D eigenvalue weighted by molar-refractivity contribution is -0.189. The van der Waals surface area contributed by atoms with Gasteiger partial charge in [-0.25, -0.2) is 14.8 Å². The van der Waals surface area contributed by atoms with Gasteiger partial charge in [-0.3, -0.25) is 14.6 Å². The first-order chi connectivity index (χ1) is 20.8. The maximum atomic E-state index is 14.3. The van der Waals surface area contributed by atoms with Gasteiger partial charge < -0.3 is 20.2 Å². The number of hydrogen-bond donors (Lipinski definition) is 2. The molecule has 0 aliphatic carbocycles. The van der Waals surface area contributed by atoms with Crippen molar-refractivity contribution in [3.8, 4) is 5.75 Å². The summed E-state index contributed by atoms with van der Waals surface area (Å²) in [5.41, 5.74) is 3.44. The van der Waals surface area contributed by atoms with E-state index >= 15 is 0 Å². The fourth-order valence-corrected chi connectivity index (χ4v) is 6.16. The van der Waals surface area contributed by atoms with Crippen LogP contribution in [-0.4, -0.2) is 80.1 Å². The summed E-state index contributed by atoms with van der Waals surface area (Å²) in [6.45, 7) is 2.37. The number of hydrogen-bond acceptors (Lipinski definition) is 6. The van der Waals surface area contributed by atoms with Gasteiger partial charge in [0.1, 0.15) is 18.0 Å². The second kappa shape index (κ2) is 11.7. The lowest BCUT2D eigenvalue weighted by atomic mass is 9.95. The number of nitrogens with zero attached hydrogens (tertiary/aromatic N) is 5. The van der Waals surface area contributed by atoms with Crippen molar-refractivity contribution < 1.29 is 19.5 Å². The summed E-state index contributed by atoms with van der Waals surface area (Å²) in [6, 6.07) is 24.4. The van der Waals surface area contributed by atoms with Gasteiger partial charge in [0.25, 0.3) is 0 Å². The predicted molar refractivity (Wildman–Crippen MR) is 161 cm³/mol. The molecular weight excluding hydrogens is 544 g/mol. The minimum absolute atomic E-state index is 0.0442. The summed E-state index contributed by atoms with van der Waals surface area (Å²) in [5, 5.41) is 17.0. The number of urea groups is 1. The monoisotopic (exact) mass is 578 g/mol. The van der Waals surface area contributed by atoms with Crippen molar-refractivity contribution in [2.75, 3.05) is 20.1 Å². The number of nitrogens with one attached hydrogen (secondary N) is 1. The van der Waals surface area contributed by atoms with E-state index in [0.717, 1.165) is 27.6 Å². The standard InChI is InChI=1S/C33H34N6O4/c1-22(27-12-6-10-25-11-7-17-34-31(25)27)37-20-29-38(28(32(37)42)18-23-13-15-26(40)16-14-23)30(41)21-36(2)39(29)33(43)35-19-24-8-4-3-5-9-24/h3-17,22,28-29,40H,18-21H2,1-2H3,(H,35,43)/t22-,28-,29+/m0/s1. The van der Waals surface area contributed by atoms with Gasteiger partial charge in [-0.1, -0.05) is 66.7 Å². The molecule has 2 aliphatic rings. The number of likely N-dealkylation sites (N-methyl/N-ethyl adjacent to an activating group) is 1. The highest BCUT2D eigenvalue weighted by Gasteiger charge is 2.51. The SMILES string of the molecule is C[C@@H](c1cccc2cccnc12)N1C[C@@H]2N(C(=O)CN(C)N2C(=O)NCc2ccccc2)[C@@H](Cc2ccc(O)cc2)C1=O. The van der Waals surface area contributed by atoms with Crippen LogP contribution >= 0.6 is 0 Å². The highest BCUT2D eigenvalue weighted by atomic mass is 16.3. The van der Waals surface area contributed by atoms with Crippen molar-refractivity contribution in [1.29, 1.82) is 0 Å². The number of phenols is 1. The molecular formula is C33H34N6O4. The van der Waals surface area contributed by atoms with E-state index in [0.29, 0.717) is 6.54 Å². The maximum Gasteiger partial charge on any atom is 0.334 e. The van der Waals surface area contributed by atoms with Crippen LogP contribution in [-0.2, 0) is 22.6 Å². The first-order valence-electron chi connectivity index (χ1n) is 14.4. The molecule has 10 nitrogen and oxygen atoms in total. The molecule has 2 N–H and O–H groups in total. The van der Waals surface area contributed by atoms with E-state index in [9.17, 15) is 19.5 Å². The van der Waals surface area contributed by atoms with Crippen molar-refractivity contribution >= 4 is 28.7 Å². The van der Waals surface area contributed by atoms with E-state index in [1.54, 1.807) is 57.3 Å². The number of phenolic OH excluding ortho intramolecular Hbond substituents is 1. The zero-order chi connectivity index (χ0) is 30.1. The molecule has 0 spiro atoms. The number of fused-ring (bicyclic) bond motifs is 2. The molecule has 0 saturated carbocycles. The summed E-state index contributed by atoms with van der Waals surface area (Å²) >= 11 is 0. The van der Waals surface area contributed by atoms with E-state index in [-0.39, 0.29) is 49.1 Å². The number of rotatable bonds is 6.